The first-order valence-electron chi connectivity index (χ1n) is 3.18. The number of rotatable bonds is 1. The number of carbonyl (C=O) groups excluding carboxylic acids is 1. The minimum atomic E-state index is -0.490. The van der Waals surface area contributed by atoms with Gasteiger partial charge in [0.2, 0.25) is 0 Å². The van der Waals surface area contributed by atoms with Crippen LogP contribution in [0.3, 0.4) is 0 Å². The summed E-state index contributed by atoms with van der Waals surface area (Å²) in [6, 6.07) is 0. The van der Waals surface area contributed by atoms with Crippen LogP contribution < -0.4 is 0 Å². The molecule has 0 saturated carbocycles. The maximum absolute atomic E-state index is 10.1. The smallest absolute Gasteiger partial charge is 0.148 e. The number of allylic oxidation sites excluding steroid dienone is 1. The molecule has 1 rings (SSSR count). The van der Waals surface area contributed by atoms with Crippen molar-refractivity contribution in [2.24, 2.45) is 0 Å². The fourth-order valence-corrected chi connectivity index (χ4v) is 1.01. The Morgan fingerprint density at radius 2 is 2.56 bits per heavy atom. The Balaban J connectivity index is 2.63. The third-order valence-electron chi connectivity index (χ3n) is 1.58. The Kier molecular flexibility index (Phi) is 2.01. The topological polar surface area (TPSA) is 37.3 Å². The van der Waals surface area contributed by atoms with Gasteiger partial charge in [-0.1, -0.05) is 6.08 Å². The van der Waals surface area contributed by atoms with Crippen molar-refractivity contribution >= 4 is 6.29 Å². The van der Waals surface area contributed by atoms with E-state index in [-0.39, 0.29) is 0 Å². The number of carbonyl (C=O) groups is 1. The van der Waals surface area contributed by atoms with Crippen LogP contribution in [0, 0.1) is 0 Å². The molecule has 9 heavy (non-hydrogen) atoms. The fourth-order valence-electron chi connectivity index (χ4n) is 1.01. The molecule has 0 saturated heterocycles. The quantitative estimate of drug-likeness (QED) is 0.524. The van der Waals surface area contributed by atoms with E-state index in [9.17, 15) is 4.79 Å². The standard InChI is InChI=1S/C7H10O2/c8-5-6-3-1-2-4-7(6)9/h3,5,7,9H,1-2,4H2. The largest absolute Gasteiger partial charge is 0.388 e. The van der Waals surface area contributed by atoms with Crippen LogP contribution in [-0.4, -0.2) is 17.5 Å². The minimum absolute atomic E-state index is 0.490. The third kappa shape index (κ3) is 1.39. The van der Waals surface area contributed by atoms with Gasteiger partial charge in [0.25, 0.3) is 0 Å². The van der Waals surface area contributed by atoms with Crippen LogP contribution in [0.5, 0.6) is 0 Å². The average molecular weight is 126 g/mol. The van der Waals surface area contributed by atoms with Gasteiger partial charge in [0.1, 0.15) is 6.29 Å². The summed E-state index contributed by atoms with van der Waals surface area (Å²) >= 11 is 0. The molecule has 1 aliphatic carbocycles. The third-order valence-corrected chi connectivity index (χ3v) is 1.58. The zero-order valence-electron chi connectivity index (χ0n) is 5.21. The van der Waals surface area contributed by atoms with Crippen molar-refractivity contribution in [2.75, 3.05) is 0 Å². The van der Waals surface area contributed by atoms with Crippen LogP contribution in [0.15, 0.2) is 11.6 Å². The highest BCUT2D eigenvalue weighted by molar-refractivity contribution is 5.74. The summed E-state index contributed by atoms with van der Waals surface area (Å²) in [5.41, 5.74) is 0.557. The van der Waals surface area contributed by atoms with E-state index in [1.165, 1.54) is 0 Å². The summed E-state index contributed by atoms with van der Waals surface area (Å²) in [6.45, 7) is 0. The molecule has 2 nitrogen and oxygen atoms in total. The van der Waals surface area contributed by atoms with E-state index in [4.69, 9.17) is 5.11 Å². The molecule has 50 valence electrons. The molecule has 1 N–H and O–H groups in total. The van der Waals surface area contributed by atoms with E-state index in [0.717, 1.165) is 25.5 Å². The van der Waals surface area contributed by atoms with E-state index in [1.54, 1.807) is 6.08 Å². The van der Waals surface area contributed by atoms with Gasteiger partial charge < -0.3 is 5.11 Å². The van der Waals surface area contributed by atoms with Gasteiger partial charge in [-0.25, -0.2) is 0 Å². The second-order valence-corrected chi connectivity index (χ2v) is 2.27. The summed E-state index contributed by atoms with van der Waals surface area (Å²) in [5, 5.41) is 9.07. The van der Waals surface area contributed by atoms with Crippen LogP contribution >= 0.6 is 0 Å². The van der Waals surface area contributed by atoms with Gasteiger partial charge in [-0.05, 0) is 19.3 Å². The Hall–Kier alpha value is -0.630. The molecule has 0 aromatic carbocycles. The average Bonchev–Trinajstić information content (AvgIpc) is 1.89. The Morgan fingerprint density at radius 3 is 3.00 bits per heavy atom. The zero-order chi connectivity index (χ0) is 6.69. The van der Waals surface area contributed by atoms with E-state index >= 15 is 0 Å². The monoisotopic (exact) mass is 126 g/mol. The first kappa shape index (κ1) is 6.49. The van der Waals surface area contributed by atoms with Crippen LogP contribution in [0.1, 0.15) is 19.3 Å². The van der Waals surface area contributed by atoms with Crippen LogP contribution in [0.25, 0.3) is 0 Å². The van der Waals surface area contributed by atoms with Crippen molar-refractivity contribution in [2.45, 2.75) is 25.4 Å². The lowest BCUT2D eigenvalue weighted by molar-refractivity contribution is -0.105. The second-order valence-electron chi connectivity index (χ2n) is 2.27. The van der Waals surface area contributed by atoms with Crippen LogP contribution in [0.2, 0.25) is 0 Å². The van der Waals surface area contributed by atoms with Crippen LogP contribution in [0.4, 0.5) is 0 Å². The number of aliphatic hydroxyl groups excluding tert-OH is 1. The molecule has 1 atom stereocenters. The maximum atomic E-state index is 10.1. The molecule has 0 amide bonds. The summed E-state index contributed by atoms with van der Waals surface area (Å²) in [4.78, 5) is 10.1. The lowest BCUT2D eigenvalue weighted by atomic mass is 9.98. The molecule has 0 bridgehead atoms. The molecule has 0 fully saturated rings. The Bertz CT molecular complexity index is 138. The summed E-state index contributed by atoms with van der Waals surface area (Å²) in [6.07, 6.45) is 4.73. The summed E-state index contributed by atoms with van der Waals surface area (Å²) < 4.78 is 0. The van der Waals surface area contributed by atoms with Gasteiger partial charge in [-0.2, -0.15) is 0 Å². The number of aldehydes is 1. The molecule has 0 spiro atoms. The van der Waals surface area contributed by atoms with E-state index in [1.807, 2.05) is 0 Å². The summed E-state index contributed by atoms with van der Waals surface area (Å²) in [5.74, 6) is 0. The molecule has 1 unspecified atom stereocenters. The fraction of sp³-hybridized carbons (Fsp3) is 0.571. The molecule has 0 aliphatic heterocycles. The number of hydrogen-bond donors (Lipinski definition) is 1. The molecule has 2 heteroatoms. The van der Waals surface area contributed by atoms with Crippen molar-refractivity contribution in [1.29, 1.82) is 0 Å². The SMILES string of the molecule is O=CC1=CCCCC1O. The molecule has 0 radical (unpaired) electrons. The van der Waals surface area contributed by atoms with Gasteiger partial charge in [0.15, 0.2) is 0 Å². The Labute approximate surface area is 54.2 Å². The first-order chi connectivity index (χ1) is 4.34. The van der Waals surface area contributed by atoms with E-state index in [2.05, 4.69) is 0 Å². The number of hydrogen-bond acceptors (Lipinski definition) is 2. The van der Waals surface area contributed by atoms with Gasteiger partial charge in [-0.3, -0.25) is 4.79 Å². The predicted octanol–water partition coefficient (Wildman–Crippen LogP) is 0.656. The van der Waals surface area contributed by atoms with Crippen molar-refractivity contribution in [3.8, 4) is 0 Å². The molecule has 0 aromatic rings. The lowest BCUT2D eigenvalue weighted by Crippen LogP contribution is -2.14. The maximum Gasteiger partial charge on any atom is 0.148 e. The van der Waals surface area contributed by atoms with Gasteiger partial charge in [0, 0.05) is 5.57 Å². The molecule has 0 aromatic heterocycles. The van der Waals surface area contributed by atoms with Crippen LogP contribution in [-0.2, 0) is 4.79 Å². The molecule has 0 heterocycles. The first-order valence-corrected chi connectivity index (χ1v) is 3.18. The Morgan fingerprint density at radius 1 is 1.78 bits per heavy atom. The highest BCUT2D eigenvalue weighted by Gasteiger charge is 2.12. The molecular weight excluding hydrogens is 116 g/mol. The highest BCUT2D eigenvalue weighted by atomic mass is 16.3. The second kappa shape index (κ2) is 2.78. The van der Waals surface area contributed by atoms with Crippen molar-refractivity contribution in [3.05, 3.63) is 11.6 Å². The predicted molar refractivity (Wildman–Crippen MR) is 34.0 cm³/mol. The van der Waals surface area contributed by atoms with E-state index in [0.29, 0.717) is 5.57 Å². The number of aliphatic hydroxyl groups is 1. The molecular formula is C7H10O2. The van der Waals surface area contributed by atoms with Gasteiger partial charge in [0.05, 0.1) is 6.10 Å². The van der Waals surface area contributed by atoms with Gasteiger partial charge >= 0.3 is 0 Å². The normalized spacial score (nSPS) is 27.2. The highest BCUT2D eigenvalue weighted by Crippen LogP contribution is 2.15. The van der Waals surface area contributed by atoms with Crippen molar-refractivity contribution in [1.82, 2.24) is 0 Å². The molecule has 1 aliphatic rings. The minimum Gasteiger partial charge on any atom is -0.388 e. The van der Waals surface area contributed by atoms with Gasteiger partial charge in [-0.15, -0.1) is 0 Å². The van der Waals surface area contributed by atoms with Crippen molar-refractivity contribution < 1.29 is 9.90 Å². The van der Waals surface area contributed by atoms with E-state index < -0.39 is 6.10 Å². The lowest BCUT2D eigenvalue weighted by Gasteiger charge is -2.13. The zero-order valence-corrected chi connectivity index (χ0v) is 5.21. The summed E-state index contributed by atoms with van der Waals surface area (Å²) in [7, 11) is 0. The van der Waals surface area contributed by atoms with Crippen molar-refractivity contribution in [3.63, 3.8) is 0 Å².